The van der Waals surface area contributed by atoms with Gasteiger partial charge in [0.15, 0.2) is 5.82 Å². The maximum absolute atomic E-state index is 17.0. The van der Waals surface area contributed by atoms with Gasteiger partial charge in [0.1, 0.15) is 41.0 Å². The molecule has 4 fully saturated rings. The number of pyridine rings is 1. The molecular formula is C35H35F3N6O2. The van der Waals surface area contributed by atoms with Gasteiger partial charge in [-0.2, -0.15) is 9.97 Å². The maximum Gasteiger partial charge on any atom is 0.319 e. The molecule has 2 bridgehead atoms. The number of benzene rings is 2. The number of anilines is 1. The van der Waals surface area contributed by atoms with Crippen LogP contribution in [0.2, 0.25) is 0 Å². The Kier molecular flexibility index (Phi) is 7.18. The highest BCUT2D eigenvalue weighted by Crippen LogP contribution is 2.43. The highest BCUT2D eigenvalue weighted by molar-refractivity contribution is 6.03. The average Bonchev–Trinajstić information content (AvgIpc) is 3.71. The van der Waals surface area contributed by atoms with Crippen LogP contribution in [-0.2, 0) is 0 Å². The van der Waals surface area contributed by atoms with E-state index in [1.165, 1.54) is 6.07 Å². The summed E-state index contributed by atoms with van der Waals surface area (Å²) in [5.74, 6) is 1.81. The highest BCUT2D eigenvalue weighted by Gasteiger charge is 2.49. The molecule has 4 aliphatic rings. The molecule has 2 aromatic carbocycles. The minimum atomic E-state index is -0.911. The molecule has 0 amide bonds. The van der Waals surface area contributed by atoms with Gasteiger partial charge in [-0.3, -0.25) is 4.90 Å². The highest BCUT2D eigenvalue weighted by atomic mass is 19.1. The number of terminal acetylenes is 1. The van der Waals surface area contributed by atoms with E-state index in [9.17, 15) is 8.78 Å². The van der Waals surface area contributed by atoms with E-state index in [0.29, 0.717) is 53.6 Å². The molecular weight excluding hydrogens is 593 g/mol. The van der Waals surface area contributed by atoms with E-state index in [1.54, 1.807) is 24.3 Å². The lowest BCUT2D eigenvalue weighted by molar-refractivity contribution is 0.107. The number of halogens is 3. The summed E-state index contributed by atoms with van der Waals surface area (Å²) in [5, 5.41) is 5.02. The van der Waals surface area contributed by atoms with Crippen LogP contribution in [0.5, 0.6) is 11.9 Å². The van der Waals surface area contributed by atoms with Crippen LogP contribution in [0.1, 0.15) is 44.6 Å². The smallest absolute Gasteiger partial charge is 0.319 e. The minimum Gasteiger partial charge on any atom is -0.477 e. The molecule has 4 aromatic rings. The molecule has 0 saturated carbocycles. The Balaban J connectivity index is 1.32. The second-order valence-corrected chi connectivity index (χ2v) is 12.9. The number of alkyl halides is 1. The minimum absolute atomic E-state index is 0.00874. The Hall–Kier alpha value is -4.14. The summed E-state index contributed by atoms with van der Waals surface area (Å²) in [4.78, 5) is 18.5. The first-order valence-corrected chi connectivity index (χ1v) is 16.1. The topological polar surface area (TPSA) is 75.6 Å². The van der Waals surface area contributed by atoms with Gasteiger partial charge in [-0.05, 0) is 50.6 Å². The number of piperazine rings is 1. The van der Waals surface area contributed by atoms with Crippen molar-refractivity contribution in [3.63, 3.8) is 0 Å². The summed E-state index contributed by atoms with van der Waals surface area (Å²) in [5.41, 5.74) is -0.141. The van der Waals surface area contributed by atoms with Crippen molar-refractivity contribution < 1.29 is 22.6 Å². The number of fused-ring (bicyclic) bond motifs is 5. The number of rotatable bonds is 7. The molecule has 4 saturated heterocycles. The third kappa shape index (κ3) is 4.73. The lowest BCUT2D eigenvalue weighted by Crippen LogP contribution is -2.51. The number of aromatic nitrogens is 3. The van der Waals surface area contributed by atoms with E-state index in [2.05, 4.69) is 26.0 Å². The first kappa shape index (κ1) is 29.3. The molecule has 238 valence electrons. The lowest BCUT2D eigenvalue weighted by Gasteiger charge is -2.35. The monoisotopic (exact) mass is 628 g/mol. The van der Waals surface area contributed by atoms with E-state index in [-0.39, 0.29) is 54.0 Å². The second kappa shape index (κ2) is 11.3. The fourth-order valence-electron chi connectivity index (χ4n) is 8.13. The molecule has 0 radical (unpaired) electrons. The van der Waals surface area contributed by atoms with Crippen LogP contribution in [0.15, 0.2) is 30.3 Å². The summed E-state index contributed by atoms with van der Waals surface area (Å²) in [6.07, 6.45) is 9.10. The number of nitrogens with zero attached hydrogens (tertiary/aromatic N) is 5. The quantitative estimate of drug-likeness (QED) is 0.273. The van der Waals surface area contributed by atoms with Gasteiger partial charge in [0, 0.05) is 49.1 Å². The van der Waals surface area contributed by atoms with Gasteiger partial charge in [-0.15, -0.1) is 6.42 Å². The van der Waals surface area contributed by atoms with E-state index >= 15 is 4.39 Å². The van der Waals surface area contributed by atoms with Crippen LogP contribution >= 0.6 is 0 Å². The maximum atomic E-state index is 17.0. The van der Waals surface area contributed by atoms with E-state index in [0.717, 1.165) is 32.2 Å². The first-order valence-electron chi connectivity index (χ1n) is 16.1. The lowest BCUT2D eigenvalue weighted by atomic mass is 9.95. The predicted octanol–water partition coefficient (Wildman–Crippen LogP) is 5.40. The molecule has 1 N–H and O–H groups in total. The summed E-state index contributed by atoms with van der Waals surface area (Å²) in [6, 6.07) is 8.71. The van der Waals surface area contributed by atoms with Crippen molar-refractivity contribution in [2.24, 2.45) is 0 Å². The van der Waals surface area contributed by atoms with Crippen molar-refractivity contribution in [3.8, 4) is 35.5 Å². The van der Waals surface area contributed by atoms with Crippen molar-refractivity contribution in [1.82, 2.24) is 25.2 Å². The SMILES string of the molecule is C#Cc1c(F)ccc2cccc(-c3nc(OCC)c4c(N5CC6CCC(C5)N6)nc(OC[C@@]56CCCN5C[C@H](F)C6)nc4c3F)c12. The third-order valence-electron chi connectivity index (χ3n) is 10.1. The van der Waals surface area contributed by atoms with Crippen LogP contribution in [0.3, 0.4) is 0 Å². The van der Waals surface area contributed by atoms with Crippen molar-refractivity contribution in [2.75, 3.05) is 44.3 Å². The number of hydrogen-bond donors (Lipinski definition) is 1. The Morgan fingerprint density at radius 3 is 2.65 bits per heavy atom. The Morgan fingerprint density at radius 1 is 1.04 bits per heavy atom. The zero-order valence-corrected chi connectivity index (χ0v) is 25.7. The van der Waals surface area contributed by atoms with Crippen molar-refractivity contribution >= 4 is 27.5 Å². The Morgan fingerprint density at radius 2 is 1.87 bits per heavy atom. The van der Waals surface area contributed by atoms with Gasteiger partial charge in [0.2, 0.25) is 5.88 Å². The molecule has 8 nitrogen and oxygen atoms in total. The fourth-order valence-corrected chi connectivity index (χ4v) is 8.13. The largest absolute Gasteiger partial charge is 0.477 e. The zero-order valence-electron chi connectivity index (χ0n) is 25.7. The van der Waals surface area contributed by atoms with Crippen LogP contribution < -0.4 is 19.7 Å². The number of hydrogen-bond acceptors (Lipinski definition) is 8. The fraction of sp³-hybridized carbons (Fsp3) is 0.457. The average molecular weight is 629 g/mol. The second-order valence-electron chi connectivity index (χ2n) is 12.9. The molecule has 4 aliphatic heterocycles. The molecule has 0 spiro atoms. The summed E-state index contributed by atoms with van der Waals surface area (Å²) >= 11 is 0. The van der Waals surface area contributed by atoms with Gasteiger partial charge < -0.3 is 19.7 Å². The molecule has 0 aliphatic carbocycles. The van der Waals surface area contributed by atoms with Crippen molar-refractivity contribution in [1.29, 1.82) is 0 Å². The Bertz CT molecular complexity index is 1890. The molecule has 11 heteroatoms. The molecule has 2 aromatic heterocycles. The van der Waals surface area contributed by atoms with E-state index in [1.807, 2.05) is 6.92 Å². The van der Waals surface area contributed by atoms with Crippen molar-refractivity contribution in [2.45, 2.75) is 62.8 Å². The van der Waals surface area contributed by atoms with Crippen LogP contribution in [-0.4, -0.2) is 83.0 Å². The van der Waals surface area contributed by atoms with Gasteiger partial charge in [0.25, 0.3) is 0 Å². The third-order valence-corrected chi connectivity index (χ3v) is 10.1. The van der Waals surface area contributed by atoms with Gasteiger partial charge in [0.05, 0.1) is 17.7 Å². The molecule has 2 unspecified atom stereocenters. The van der Waals surface area contributed by atoms with Gasteiger partial charge >= 0.3 is 6.01 Å². The van der Waals surface area contributed by atoms with Gasteiger partial charge in [-0.1, -0.05) is 30.2 Å². The predicted molar refractivity (Wildman–Crippen MR) is 170 cm³/mol. The standard InChI is InChI=1S/C35H35F3N6O2/c1-3-24-26(37)12-9-20-7-5-8-25(27(20)24)30-29(38)31-28(33(40-30)45-4-2)32(43-17-22-10-11-23(18-43)39-22)42-34(41-31)46-19-35-13-6-14-44(35)16-21(36)15-35/h1,5,7-9,12,21-23,39H,4,6,10-11,13-19H2,2H3/t21-,22?,23?,35+/m1/s1. The molecule has 4 atom stereocenters. The van der Waals surface area contributed by atoms with E-state index < -0.39 is 23.3 Å². The first-order chi connectivity index (χ1) is 22.4. The summed E-state index contributed by atoms with van der Waals surface area (Å²) < 4.78 is 58.9. The van der Waals surface area contributed by atoms with Crippen LogP contribution in [0.4, 0.5) is 19.0 Å². The number of nitrogens with one attached hydrogen (secondary N) is 1. The van der Waals surface area contributed by atoms with E-state index in [4.69, 9.17) is 25.9 Å². The molecule has 6 heterocycles. The molecule has 46 heavy (non-hydrogen) atoms. The Labute approximate surface area is 265 Å². The summed E-state index contributed by atoms with van der Waals surface area (Å²) in [7, 11) is 0. The normalized spacial score (nSPS) is 25.7. The zero-order chi connectivity index (χ0) is 31.6. The molecule has 8 rings (SSSR count). The van der Waals surface area contributed by atoms with Crippen LogP contribution in [0.25, 0.3) is 32.9 Å². The number of ether oxygens (including phenoxy) is 2. The van der Waals surface area contributed by atoms with Gasteiger partial charge in [-0.25, -0.2) is 18.2 Å². The van der Waals surface area contributed by atoms with Crippen molar-refractivity contribution in [3.05, 3.63) is 47.5 Å². The van der Waals surface area contributed by atoms with Crippen LogP contribution in [0, 0.1) is 24.0 Å². The summed E-state index contributed by atoms with van der Waals surface area (Å²) in [6.45, 7) is 4.86.